The maximum Gasteiger partial charge on any atom is 0.317 e. The van der Waals surface area contributed by atoms with Crippen molar-refractivity contribution in [3.8, 4) is 0 Å². The predicted molar refractivity (Wildman–Crippen MR) is 90.2 cm³/mol. The SMILES string of the molecule is Cc1cc([N+](=O)[O-])ccc1NC1CC(N(CC(=O)O)CC2CC2)C1. The number of anilines is 1. The van der Waals surface area contributed by atoms with Crippen molar-refractivity contribution in [1.29, 1.82) is 0 Å². The van der Waals surface area contributed by atoms with Crippen LogP contribution in [0.15, 0.2) is 18.2 Å². The first-order valence-corrected chi connectivity index (χ1v) is 8.40. The van der Waals surface area contributed by atoms with Crippen molar-refractivity contribution in [3.05, 3.63) is 33.9 Å². The van der Waals surface area contributed by atoms with Gasteiger partial charge in [0.25, 0.3) is 5.69 Å². The maximum atomic E-state index is 11.0. The fourth-order valence-corrected chi connectivity index (χ4v) is 3.30. The molecule has 0 heterocycles. The van der Waals surface area contributed by atoms with Crippen LogP contribution < -0.4 is 5.32 Å². The van der Waals surface area contributed by atoms with Crippen LogP contribution >= 0.6 is 0 Å². The summed E-state index contributed by atoms with van der Waals surface area (Å²) in [6.45, 7) is 2.86. The van der Waals surface area contributed by atoms with Gasteiger partial charge in [0.2, 0.25) is 0 Å². The minimum atomic E-state index is -0.765. The third kappa shape index (κ3) is 4.03. The number of nitro benzene ring substituents is 1. The van der Waals surface area contributed by atoms with Crippen LogP contribution in [-0.2, 0) is 4.79 Å². The Labute approximate surface area is 140 Å². The highest BCUT2D eigenvalue weighted by atomic mass is 16.6. The quantitative estimate of drug-likeness (QED) is 0.561. The molecule has 3 rings (SSSR count). The molecule has 0 radical (unpaired) electrons. The second-order valence-corrected chi connectivity index (χ2v) is 6.99. The summed E-state index contributed by atoms with van der Waals surface area (Å²) in [4.78, 5) is 23.5. The van der Waals surface area contributed by atoms with Crippen LogP contribution in [0.5, 0.6) is 0 Å². The second kappa shape index (κ2) is 6.76. The van der Waals surface area contributed by atoms with E-state index >= 15 is 0 Å². The molecule has 7 nitrogen and oxygen atoms in total. The average Bonchev–Trinajstić information content (AvgIpc) is 3.26. The summed E-state index contributed by atoms with van der Waals surface area (Å²) in [6, 6.07) is 5.45. The number of nitro groups is 1. The van der Waals surface area contributed by atoms with Crippen LogP contribution in [-0.4, -0.2) is 46.1 Å². The molecule has 0 unspecified atom stereocenters. The maximum absolute atomic E-state index is 11.0. The number of hydrogen-bond acceptors (Lipinski definition) is 5. The van der Waals surface area contributed by atoms with E-state index in [1.54, 1.807) is 12.1 Å². The van der Waals surface area contributed by atoms with Gasteiger partial charge < -0.3 is 10.4 Å². The number of carbonyl (C=O) groups is 1. The number of non-ortho nitro benzene ring substituents is 1. The van der Waals surface area contributed by atoms with Gasteiger partial charge in [-0.1, -0.05) is 0 Å². The molecule has 24 heavy (non-hydrogen) atoms. The molecule has 2 aliphatic rings. The largest absolute Gasteiger partial charge is 0.480 e. The van der Waals surface area contributed by atoms with E-state index in [0.717, 1.165) is 30.6 Å². The second-order valence-electron chi connectivity index (χ2n) is 6.99. The fourth-order valence-electron chi connectivity index (χ4n) is 3.30. The molecule has 2 saturated carbocycles. The van der Waals surface area contributed by atoms with Crippen LogP contribution in [0, 0.1) is 23.0 Å². The molecule has 7 heteroatoms. The zero-order valence-corrected chi connectivity index (χ0v) is 13.8. The smallest absolute Gasteiger partial charge is 0.317 e. The number of benzene rings is 1. The molecule has 0 aromatic heterocycles. The molecule has 0 atom stereocenters. The molecule has 0 saturated heterocycles. The predicted octanol–water partition coefficient (Wildman–Crippen LogP) is 2.64. The Kier molecular flexibility index (Phi) is 4.71. The molecule has 1 aromatic rings. The van der Waals surface area contributed by atoms with Crippen molar-refractivity contribution >= 4 is 17.3 Å². The summed E-state index contributed by atoms with van der Waals surface area (Å²) in [6.07, 6.45) is 4.26. The fraction of sp³-hybridized carbons (Fsp3) is 0.588. The Morgan fingerprint density at radius 1 is 1.42 bits per heavy atom. The Bertz CT molecular complexity index is 639. The zero-order valence-electron chi connectivity index (χ0n) is 13.8. The number of nitrogens with one attached hydrogen (secondary N) is 1. The summed E-state index contributed by atoms with van der Waals surface area (Å²) in [7, 11) is 0. The van der Waals surface area contributed by atoms with Crippen molar-refractivity contribution in [2.24, 2.45) is 5.92 Å². The molecule has 0 aliphatic heterocycles. The normalized spacial score (nSPS) is 22.9. The van der Waals surface area contributed by atoms with Gasteiger partial charge in [-0.3, -0.25) is 19.8 Å². The van der Waals surface area contributed by atoms with Gasteiger partial charge in [-0.05, 0) is 50.2 Å². The zero-order chi connectivity index (χ0) is 17.3. The van der Waals surface area contributed by atoms with Gasteiger partial charge in [-0.25, -0.2) is 0 Å². The van der Waals surface area contributed by atoms with Crippen LogP contribution in [0.3, 0.4) is 0 Å². The molecule has 2 aliphatic carbocycles. The van der Waals surface area contributed by atoms with E-state index in [-0.39, 0.29) is 12.2 Å². The number of carboxylic acids is 1. The molecular weight excluding hydrogens is 310 g/mol. The molecule has 0 amide bonds. The van der Waals surface area contributed by atoms with Gasteiger partial charge in [0.05, 0.1) is 11.5 Å². The number of hydrogen-bond donors (Lipinski definition) is 2. The minimum absolute atomic E-state index is 0.0987. The average molecular weight is 333 g/mol. The van der Waals surface area contributed by atoms with Gasteiger partial charge >= 0.3 is 5.97 Å². The molecule has 1 aromatic carbocycles. The van der Waals surface area contributed by atoms with Gasteiger partial charge in [-0.15, -0.1) is 0 Å². The first-order valence-electron chi connectivity index (χ1n) is 8.40. The van der Waals surface area contributed by atoms with E-state index in [1.807, 2.05) is 6.92 Å². The number of aryl methyl sites for hydroxylation is 1. The van der Waals surface area contributed by atoms with Crippen molar-refractivity contribution in [2.45, 2.75) is 44.7 Å². The van der Waals surface area contributed by atoms with Gasteiger partial charge in [0.15, 0.2) is 0 Å². The Morgan fingerprint density at radius 2 is 2.12 bits per heavy atom. The van der Waals surface area contributed by atoms with Gasteiger partial charge in [0.1, 0.15) is 0 Å². The van der Waals surface area contributed by atoms with Crippen LogP contribution in [0.1, 0.15) is 31.2 Å². The third-order valence-corrected chi connectivity index (χ3v) is 4.94. The number of aliphatic carboxylic acids is 1. The summed E-state index contributed by atoms with van der Waals surface area (Å²) in [5.74, 6) is -0.0912. The van der Waals surface area contributed by atoms with E-state index in [0.29, 0.717) is 18.0 Å². The summed E-state index contributed by atoms with van der Waals surface area (Å²) < 4.78 is 0. The van der Waals surface area contributed by atoms with E-state index < -0.39 is 10.9 Å². The molecule has 2 fully saturated rings. The molecule has 2 N–H and O–H groups in total. The Morgan fingerprint density at radius 3 is 2.67 bits per heavy atom. The highest BCUT2D eigenvalue weighted by Crippen LogP contribution is 2.35. The van der Waals surface area contributed by atoms with Gasteiger partial charge in [0, 0.05) is 36.4 Å². The summed E-state index contributed by atoms with van der Waals surface area (Å²) in [5, 5.41) is 23.3. The first kappa shape index (κ1) is 16.7. The number of carboxylic acid groups (broad SMARTS) is 1. The highest BCUT2D eigenvalue weighted by molar-refractivity contribution is 5.69. The number of rotatable bonds is 8. The monoisotopic (exact) mass is 333 g/mol. The molecule has 130 valence electrons. The van der Waals surface area contributed by atoms with E-state index in [4.69, 9.17) is 5.11 Å². The van der Waals surface area contributed by atoms with Crippen LogP contribution in [0.25, 0.3) is 0 Å². The summed E-state index contributed by atoms with van der Waals surface area (Å²) in [5.41, 5.74) is 1.87. The highest BCUT2D eigenvalue weighted by Gasteiger charge is 2.37. The molecule has 0 spiro atoms. The van der Waals surface area contributed by atoms with Gasteiger partial charge in [-0.2, -0.15) is 0 Å². The van der Waals surface area contributed by atoms with Crippen molar-refractivity contribution in [1.82, 2.24) is 4.90 Å². The van der Waals surface area contributed by atoms with Crippen LogP contribution in [0.2, 0.25) is 0 Å². The molecule has 0 bridgehead atoms. The van der Waals surface area contributed by atoms with E-state index in [2.05, 4.69) is 10.2 Å². The topological polar surface area (TPSA) is 95.7 Å². The van der Waals surface area contributed by atoms with E-state index in [1.165, 1.54) is 18.9 Å². The first-order chi connectivity index (χ1) is 11.4. The van der Waals surface area contributed by atoms with Crippen LogP contribution in [0.4, 0.5) is 11.4 Å². The number of nitrogens with zero attached hydrogens (tertiary/aromatic N) is 2. The third-order valence-electron chi connectivity index (χ3n) is 4.94. The van der Waals surface area contributed by atoms with Crippen molar-refractivity contribution in [3.63, 3.8) is 0 Å². The van der Waals surface area contributed by atoms with Crippen molar-refractivity contribution in [2.75, 3.05) is 18.4 Å². The van der Waals surface area contributed by atoms with E-state index in [9.17, 15) is 14.9 Å². The lowest BCUT2D eigenvalue weighted by molar-refractivity contribution is -0.384. The lowest BCUT2D eigenvalue weighted by Crippen LogP contribution is -2.52. The minimum Gasteiger partial charge on any atom is -0.480 e. The lowest BCUT2D eigenvalue weighted by Gasteiger charge is -2.43. The molecular formula is C17H23N3O4. The lowest BCUT2D eigenvalue weighted by atomic mass is 9.85. The Balaban J connectivity index is 1.54. The standard InChI is InChI=1S/C17H23N3O4/c1-11-6-14(20(23)24)4-5-16(11)18-13-7-15(8-13)19(10-17(21)22)9-12-2-3-12/h4-6,12-13,15,18H,2-3,7-10H2,1H3,(H,21,22). The Hall–Kier alpha value is -2.15. The van der Waals surface area contributed by atoms with Crippen molar-refractivity contribution < 1.29 is 14.8 Å². The summed E-state index contributed by atoms with van der Waals surface area (Å²) >= 11 is 0.